The number of benzene rings is 2. The normalized spacial score (nSPS) is 23.5. The summed E-state index contributed by atoms with van der Waals surface area (Å²) >= 11 is 5.97. The van der Waals surface area contributed by atoms with Crippen molar-refractivity contribution in [2.45, 2.75) is 25.5 Å². The predicted molar refractivity (Wildman–Crippen MR) is 110 cm³/mol. The van der Waals surface area contributed by atoms with Crippen molar-refractivity contribution in [2.24, 2.45) is 0 Å². The van der Waals surface area contributed by atoms with Gasteiger partial charge in [-0.1, -0.05) is 35.9 Å². The van der Waals surface area contributed by atoms with Gasteiger partial charge in [0.05, 0.1) is 13.2 Å². The van der Waals surface area contributed by atoms with Gasteiger partial charge in [0.25, 0.3) is 5.79 Å². The minimum Gasteiger partial charge on any atom is -0.490 e. The third-order valence-electron chi connectivity index (χ3n) is 4.96. The first-order chi connectivity index (χ1) is 15.0. The maximum atomic E-state index is 12.0. The monoisotopic (exact) mass is 447 g/mol. The lowest BCUT2D eigenvalue weighted by Gasteiger charge is -2.48. The smallest absolute Gasteiger partial charge is 0.420 e. The number of fused-ring (bicyclic) bond motifs is 1. The van der Waals surface area contributed by atoms with Crippen LogP contribution in [0.4, 0.5) is 0 Å². The molecule has 0 spiro atoms. The topological polar surface area (TPSA) is 83.5 Å². The summed E-state index contributed by atoms with van der Waals surface area (Å²) in [5.74, 6) is -2.78. The van der Waals surface area contributed by atoms with E-state index in [0.717, 1.165) is 5.56 Å². The third-order valence-corrected chi connectivity index (χ3v) is 5.21. The van der Waals surface area contributed by atoms with Crippen LogP contribution in [0.15, 0.2) is 48.5 Å². The van der Waals surface area contributed by atoms with Gasteiger partial charge in [-0.2, -0.15) is 0 Å². The third kappa shape index (κ3) is 4.61. The highest BCUT2D eigenvalue weighted by Gasteiger charge is 2.58. The van der Waals surface area contributed by atoms with Crippen molar-refractivity contribution in [3.05, 3.63) is 59.1 Å². The Morgan fingerprint density at radius 1 is 1.06 bits per heavy atom. The lowest BCUT2D eigenvalue weighted by atomic mass is 10.1. The second-order valence-corrected chi connectivity index (χ2v) is 7.51. The van der Waals surface area contributed by atoms with Crippen molar-refractivity contribution in [3.8, 4) is 11.5 Å². The molecule has 2 fully saturated rings. The van der Waals surface area contributed by atoms with Crippen LogP contribution in [0.25, 0.3) is 0 Å². The van der Waals surface area contributed by atoms with E-state index in [-0.39, 0.29) is 13.2 Å². The molecule has 2 aliphatic heterocycles. The summed E-state index contributed by atoms with van der Waals surface area (Å²) in [5.41, 5.74) is 0.954. The molecule has 0 N–H and O–H groups in total. The molecule has 31 heavy (non-hydrogen) atoms. The summed E-state index contributed by atoms with van der Waals surface area (Å²) in [7, 11) is 0. The predicted octanol–water partition coefficient (Wildman–Crippen LogP) is 2.77. The van der Waals surface area contributed by atoms with E-state index in [1.807, 2.05) is 30.0 Å². The van der Waals surface area contributed by atoms with Gasteiger partial charge in [0, 0.05) is 18.1 Å². The van der Waals surface area contributed by atoms with E-state index < -0.39 is 24.0 Å². The van der Waals surface area contributed by atoms with Crippen LogP contribution < -0.4 is 9.47 Å². The Morgan fingerprint density at radius 3 is 2.48 bits per heavy atom. The average molecular weight is 448 g/mol. The maximum absolute atomic E-state index is 12.0. The fourth-order valence-electron chi connectivity index (χ4n) is 3.55. The number of morpholine rings is 1. The van der Waals surface area contributed by atoms with Crippen LogP contribution in [0, 0.1) is 0 Å². The molecule has 2 aromatic carbocycles. The zero-order chi connectivity index (χ0) is 21.8. The molecule has 2 aliphatic rings. The van der Waals surface area contributed by atoms with E-state index in [1.165, 1.54) is 0 Å². The van der Waals surface area contributed by atoms with E-state index in [1.54, 1.807) is 30.3 Å². The average Bonchev–Trinajstić information content (AvgIpc) is 2.76. The van der Waals surface area contributed by atoms with Gasteiger partial charge in [0.15, 0.2) is 18.1 Å². The van der Waals surface area contributed by atoms with E-state index in [2.05, 4.69) is 0 Å². The van der Waals surface area contributed by atoms with Crippen LogP contribution in [0.3, 0.4) is 0 Å². The summed E-state index contributed by atoms with van der Waals surface area (Å²) in [6.07, 6.45) is -0.971. The summed E-state index contributed by atoms with van der Waals surface area (Å²) in [6, 6.07) is 14.5. The number of rotatable bonds is 7. The second kappa shape index (κ2) is 9.13. The van der Waals surface area contributed by atoms with Crippen molar-refractivity contribution >= 4 is 23.5 Å². The van der Waals surface area contributed by atoms with Crippen LogP contribution in [0.2, 0.25) is 5.02 Å². The lowest BCUT2D eigenvalue weighted by molar-refractivity contribution is -0.347. The summed E-state index contributed by atoms with van der Waals surface area (Å²) in [6.45, 7) is 3.31. The number of carbonyl (C=O) groups excluding carboxylic acids is 2. The number of carbonyl (C=O) groups is 2. The summed E-state index contributed by atoms with van der Waals surface area (Å²) in [5, 5.41) is 0.625. The number of nitrogens with zero attached hydrogens (tertiary/aromatic N) is 1. The molecule has 2 unspecified atom stereocenters. The van der Waals surface area contributed by atoms with Crippen molar-refractivity contribution in [3.63, 3.8) is 0 Å². The highest BCUT2D eigenvalue weighted by atomic mass is 35.5. The summed E-state index contributed by atoms with van der Waals surface area (Å²) < 4.78 is 28.2. The van der Waals surface area contributed by atoms with Crippen molar-refractivity contribution in [2.75, 3.05) is 26.4 Å². The van der Waals surface area contributed by atoms with Gasteiger partial charge in [0.2, 0.25) is 6.23 Å². The number of esters is 2. The van der Waals surface area contributed by atoms with Crippen LogP contribution in [-0.4, -0.2) is 55.2 Å². The highest BCUT2D eigenvalue weighted by Crippen LogP contribution is 2.35. The first-order valence-electron chi connectivity index (χ1n) is 9.92. The molecule has 2 saturated heterocycles. The molecule has 2 heterocycles. The molecule has 4 rings (SSSR count). The number of hydrogen-bond acceptors (Lipinski definition) is 8. The van der Waals surface area contributed by atoms with E-state index in [9.17, 15) is 9.59 Å². The molecule has 9 heteroatoms. The van der Waals surface area contributed by atoms with Crippen molar-refractivity contribution in [1.82, 2.24) is 4.90 Å². The molecule has 0 bridgehead atoms. The quantitative estimate of drug-likeness (QED) is 0.473. The molecule has 2 atom stereocenters. The van der Waals surface area contributed by atoms with Crippen LogP contribution >= 0.6 is 11.6 Å². The van der Waals surface area contributed by atoms with Crippen molar-refractivity contribution in [1.29, 1.82) is 0 Å². The first-order valence-corrected chi connectivity index (χ1v) is 10.3. The van der Waals surface area contributed by atoms with Gasteiger partial charge in [-0.05, 0) is 36.8 Å². The Kier molecular flexibility index (Phi) is 6.31. The Labute approximate surface area is 184 Å². The molecule has 0 aliphatic carbocycles. The maximum Gasteiger partial charge on any atom is 0.420 e. The summed E-state index contributed by atoms with van der Waals surface area (Å²) in [4.78, 5) is 25.9. The zero-order valence-corrected chi connectivity index (χ0v) is 17.7. The van der Waals surface area contributed by atoms with E-state index >= 15 is 0 Å². The number of para-hydroxylation sites is 2. The molecule has 0 aromatic heterocycles. The fourth-order valence-corrected chi connectivity index (χ4v) is 3.67. The van der Waals surface area contributed by atoms with Gasteiger partial charge in [-0.25, -0.2) is 9.59 Å². The Balaban J connectivity index is 1.57. The van der Waals surface area contributed by atoms with E-state index in [0.29, 0.717) is 36.2 Å². The molecular formula is C22H22ClNO7. The molecule has 8 nitrogen and oxygen atoms in total. The molecule has 2 aromatic rings. The lowest BCUT2D eigenvalue weighted by Crippen LogP contribution is -2.68. The molecular weight excluding hydrogens is 426 g/mol. The number of hydrogen-bond donors (Lipinski definition) is 0. The van der Waals surface area contributed by atoms with Gasteiger partial charge in [-0.3, -0.25) is 4.90 Å². The van der Waals surface area contributed by atoms with Crippen LogP contribution in [-0.2, 0) is 30.3 Å². The van der Waals surface area contributed by atoms with Gasteiger partial charge in [-0.15, -0.1) is 0 Å². The number of ether oxygens (including phenoxy) is 5. The molecule has 0 radical (unpaired) electrons. The SMILES string of the molecule is CCOc1ccccc1OCC12OCCN(Cc3ccc(Cl)cc3)C1OC(=O)C(=O)O2. The van der Waals surface area contributed by atoms with E-state index in [4.69, 9.17) is 35.3 Å². The van der Waals surface area contributed by atoms with Crippen LogP contribution in [0.5, 0.6) is 11.5 Å². The fraction of sp³-hybridized carbons (Fsp3) is 0.364. The second-order valence-electron chi connectivity index (χ2n) is 7.07. The Bertz CT molecular complexity index is 951. The molecule has 0 amide bonds. The standard InChI is InChI=1S/C22H22ClNO7/c1-2-27-17-5-3-4-6-18(17)28-14-22-21(30-19(25)20(26)31-22)24(11-12-29-22)13-15-7-9-16(23)10-8-15/h3-10,21H,2,11-14H2,1H3. The highest BCUT2D eigenvalue weighted by molar-refractivity contribution is 6.30. The molecule has 0 saturated carbocycles. The number of halogens is 1. The molecule has 164 valence electrons. The van der Waals surface area contributed by atoms with Gasteiger partial charge < -0.3 is 23.7 Å². The Hall–Kier alpha value is -2.81. The van der Waals surface area contributed by atoms with Crippen molar-refractivity contribution < 1.29 is 33.3 Å². The first kappa shape index (κ1) is 21.4. The minimum atomic E-state index is -1.60. The largest absolute Gasteiger partial charge is 0.490 e. The van der Waals surface area contributed by atoms with Gasteiger partial charge in [0.1, 0.15) is 0 Å². The zero-order valence-electron chi connectivity index (χ0n) is 16.9. The van der Waals surface area contributed by atoms with Crippen LogP contribution in [0.1, 0.15) is 12.5 Å². The minimum absolute atomic E-state index is 0.183. The van der Waals surface area contributed by atoms with Gasteiger partial charge >= 0.3 is 11.9 Å². The Morgan fingerprint density at radius 2 is 1.77 bits per heavy atom.